The number of halogens is 1. The molecule has 0 saturated carbocycles. The Kier molecular flexibility index (Phi) is 3.52. The summed E-state index contributed by atoms with van der Waals surface area (Å²) in [5.74, 6) is -0.961. The number of nitrogens with zero attached hydrogens (tertiary/aromatic N) is 2. The minimum atomic E-state index is -0.961. The average molecular weight is 309 g/mol. The van der Waals surface area contributed by atoms with E-state index in [2.05, 4.69) is 21.0 Å². The largest absolute Gasteiger partial charge is 0.478 e. The van der Waals surface area contributed by atoms with Gasteiger partial charge in [-0.1, -0.05) is 28.1 Å². The van der Waals surface area contributed by atoms with Crippen LogP contribution >= 0.6 is 15.9 Å². The van der Waals surface area contributed by atoms with Crippen LogP contribution < -0.4 is 0 Å². The molecule has 0 aliphatic heterocycles. The summed E-state index contributed by atoms with van der Waals surface area (Å²) in [6.07, 6.45) is 1.57. The molecule has 0 fully saturated rings. The highest BCUT2D eigenvalue weighted by atomic mass is 79.9. The molecule has 0 radical (unpaired) electrons. The van der Waals surface area contributed by atoms with Crippen LogP contribution in [0.1, 0.15) is 30.2 Å². The Morgan fingerprint density at radius 1 is 1.44 bits per heavy atom. The maximum Gasteiger partial charge on any atom is 0.339 e. The fourth-order valence-corrected chi connectivity index (χ4v) is 2.06. The summed E-state index contributed by atoms with van der Waals surface area (Å²) in [6, 6.07) is 7.59. The molecule has 1 aromatic heterocycles. The van der Waals surface area contributed by atoms with Gasteiger partial charge in [-0.15, -0.1) is 0 Å². The molecule has 4 nitrogen and oxygen atoms in total. The van der Waals surface area contributed by atoms with E-state index in [0.29, 0.717) is 5.69 Å². The van der Waals surface area contributed by atoms with Crippen molar-refractivity contribution in [1.29, 1.82) is 0 Å². The van der Waals surface area contributed by atoms with Crippen LogP contribution in [0.25, 0.3) is 11.3 Å². The third-order valence-corrected chi connectivity index (χ3v) is 3.08. The maximum atomic E-state index is 11.3. The molecule has 94 valence electrons. The molecule has 0 unspecified atom stereocenters. The van der Waals surface area contributed by atoms with Crippen LogP contribution in [-0.2, 0) is 0 Å². The number of benzene rings is 1. The van der Waals surface area contributed by atoms with Gasteiger partial charge in [-0.3, -0.25) is 4.68 Å². The number of rotatable bonds is 3. The third-order valence-electron chi connectivity index (χ3n) is 2.59. The zero-order valence-corrected chi connectivity index (χ0v) is 11.7. The lowest BCUT2D eigenvalue weighted by atomic mass is 10.1. The van der Waals surface area contributed by atoms with E-state index in [1.807, 2.05) is 38.1 Å². The molecule has 0 amide bonds. The van der Waals surface area contributed by atoms with Gasteiger partial charge in [0.05, 0.1) is 0 Å². The molecule has 0 aliphatic carbocycles. The first kappa shape index (κ1) is 12.8. The Labute approximate surface area is 113 Å². The van der Waals surface area contributed by atoms with Crippen molar-refractivity contribution >= 4 is 21.9 Å². The van der Waals surface area contributed by atoms with E-state index in [1.165, 1.54) is 0 Å². The van der Waals surface area contributed by atoms with Crippen molar-refractivity contribution < 1.29 is 9.90 Å². The highest BCUT2D eigenvalue weighted by molar-refractivity contribution is 9.10. The maximum absolute atomic E-state index is 11.3. The number of carbonyl (C=O) groups is 1. The molecule has 2 aromatic rings. The summed E-state index contributed by atoms with van der Waals surface area (Å²) in [7, 11) is 0. The number of aromatic carboxylic acids is 1. The number of carboxylic acids is 1. The van der Waals surface area contributed by atoms with Crippen LogP contribution in [0.4, 0.5) is 0 Å². The second-order valence-corrected chi connectivity index (χ2v) is 5.20. The molecule has 1 N–H and O–H groups in total. The van der Waals surface area contributed by atoms with Crippen LogP contribution in [0.15, 0.2) is 34.9 Å². The molecule has 0 bridgehead atoms. The number of hydrogen-bond acceptors (Lipinski definition) is 2. The fourth-order valence-electron chi connectivity index (χ4n) is 1.66. The number of carboxylic acid groups (broad SMARTS) is 1. The Morgan fingerprint density at radius 3 is 2.72 bits per heavy atom. The van der Waals surface area contributed by atoms with E-state index in [4.69, 9.17) is 0 Å². The molecule has 0 spiro atoms. The number of aromatic nitrogens is 2. The van der Waals surface area contributed by atoms with Crippen molar-refractivity contribution in [2.24, 2.45) is 0 Å². The Morgan fingerprint density at radius 2 is 2.17 bits per heavy atom. The van der Waals surface area contributed by atoms with Gasteiger partial charge in [-0.25, -0.2) is 4.79 Å². The molecule has 0 atom stereocenters. The Bertz CT molecular complexity index is 590. The molecular weight excluding hydrogens is 296 g/mol. The molecule has 0 saturated heterocycles. The van der Waals surface area contributed by atoms with E-state index >= 15 is 0 Å². The second-order valence-electron chi connectivity index (χ2n) is 4.28. The molecule has 2 rings (SSSR count). The minimum Gasteiger partial charge on any atom is -0.478 e. The van der Waals surface area contributed by atoms with Gasteiger partial charge in [0.15, 0.2) is 0 Å². The second kappa shape index (κ2) is 4.94. The lowest BCUT2D eigenvalue weighted by Gasteiger charge is -2.03. The van der Waals surface area contributed by atoms with Gasteiger partial charge in [0.1, 0.15) is 11.3 Å². The topological polar surface area (TPSA) is 55.1 Å². The van der Waals surface area contributed by atoms with Crippen LogP contribution in [0.5, 0.6) is 0 Å². The highest BCUT2D eigenvalue weighted by Gasteiger charge is 2.18. The lowest BCUT2D eigenvalue weighted by Crippen LogP contribution is -2.00. The predicted molar refractivity (Wildman–Crippen MR) is 72.7 cm³/mol. The van der Waals surface area contributed by atoms with E-state index in [-0.39, 0.29) is 11.6 Å². The van der Waals surface area contributed by atoms with Crippen LogP contribution in [0.2, 0.25) is 0 Å². The van der Waals surface area contributed by atoms with E-state index < -0.39 is 5.97 Å². The van der Waals surface area contributed by atoms with Crippen molar-refractivity contribution in [3.63, 3.8) is 0 Å². The highest BCUT2D eigenvalue weighted by Crippen LogP contribution is 2.26. The molecule has 1 heterocycles. The van der Waals surface area contributed by atoms with E-state index in [0.717, 1.165) is 10.0 Å². The van der Waals surface area contributed by atoms with Crippen molar-refractivity contribution in [1.82, 2.24) is 9.78 Å². The zero-order valence-electron chi connectivity index (χ0n) is 10.1. The lowest BCUT2D eigenvalue weighted by molar-refractivity contribution is 0.0697. The van der Waals surface area contributed by atoms with Gasteiger partial charge < -0.3 is 5.11 Å². The van der Waals surface area contributed by atoms with Gasteiger partial charge >= 0.3 is 5.97 Å². The van der Waals surface area contributed by atoms with Crippen molar-refractivity contribution in [2.75, 3.05) is 0 Å². The molecular formula is C13H13BrN2O2. The smallest absolute Gasteiger partial charge is 0.339 e. The molecule has 0 aliphatic rings. The van der Waals surface area contributed by atoms with Gasteiger partial charge in [0.2, 0.25) is 0 Å². The SMILES string of the molecule is CC(C)n1cc(C(=O)O)c(-c2cccc(Br)c2)n1. The normalized spacial score (nSPS) is 10.9. The van der Waals surface area contributed by atoms with Crippen LogP contribution in [-0.4, -0.2) is 20.9 Å². The number of hydrogen-bond donors (Lipinski definition) is 1. The van der Waals surface area contributed by atoms with Crippen molar-refractivity contribution in [2.45, 2.75) is 19.9 Å². The standard InChI is InChI=1S/C13H13BrN2O2/c1-8(2)16-7-11(13(17)18)12(15-16)9-4-3-5-10(14)6-9/h3-8H,1-2H3,(H,17,18). The van der Waals surface area contributed by atoms with Gasteiger partial charge in [0.25, 0.3) is 0 Å². The summed E-state index contributed by atoms with van der Waals surface area (Å²) in [5.41, 5.74) is 1.51. The average Bonchev–Trinajstić information content (AvgIpc) is 2.73. The zero-order chi connectivity index (χ0) is 13.3. The Balaban J connectivity index is 2.58. The Hall–Kier alpha value is -1.62. The molecule has 18 heavy (non-hydrogen) atoms. The van der Waals surface area contributed by atoms with Gasteiger partial charge in [-0.2, -0.15) is 5.10 Å². The van der Waals surface area contributed by atoms with Crippen molar-refractivity contribution in [3.05, 3.63) is 40.5 Å². The minimum absolute atomic E-state index is 0.129. The van der Waals surface area contributed by atoms with Gasteiger partial charge in [-0.05, 0) is 26.0 Å². The van der Waals surface area contributed by atoms with Crippen LogP contribution in [0, 0.1) is 0 Å². The van der Waals surface area contributed by atoms with Crippen LogP contribution in [0.3, 0.4) is 0 Å². The molecule has 1 aromatic carbocycles. The van der Waals surface area contributed by atoms with Gasteiger partial charge in [0, 0.05) is 22.3 Å². The summed E-state index contributed by atoms with van der Waals surface area (Å²) >= 11 is 3.37. The summed E-state index contributed by atoms with van der Waals surface area (Å²) in [5, 5.41) is 13.6. The summed E-state index contributed by atoms with van der Waals surface area (Å²) in [6.45, 7) is 3.92. The van der Waals surface area contributed by atoms with E-state index in [9.17, 15) is 9.90 Å². The summed E-state index contributed by atoms with van der Waals surface area (Å²) in [4.78, 5) is 11.3. The first-order valence-corrected chi connectivity index (χ1v) is 6.36. The van der Waals surface area contributed by atoms with Crippen molar-refractivity contribution in [3.8, 4) is 11.3 Å². The predicted octanol–water partition coefficient (Wildman–Crippen LogP) is 3.59. The summed E-state index contributed by atoms with van der Waals surface area (Å²) < 4.78 is 2.56. The first-order chi connectivity index (χ1) is 8.49. The monoisotopic (exact) mass is 308 g/mol. The third kappa shape index (κ3) is 2.46. The fraction of sp³-hybridized carbons (Fsp3) is 0.231. The quantitative estimate of drug-likeness (QED) is 0.942. The van der Waals surface area contributed by atoms with E-state index in [1.54, 1.807) is 10.9 Å². The molecule has 5 heteroatoms. The first-order valence-electron chi connectivity index (χ1n) is 5.57.